The van der Waals surface area contributed by atoms with Crippen molar-refractivity contribution in [1.29, 1.82) is 0 Å². The first-order valence-electron chi connectivity index (χ1n) is 8.87. The van der Waals surface area contributed by atoms with Crippen LogP contribution in [0.1, 0.15) is 35.6 Å². The van der Waals surface area contributed by atoms with Crippen molar-refractivity contribution in [3.8, 4) is 5.75 Å². The van der Waals surface area contributed by atoms with Crippen LogP contribution in [0.3, 0.4) is 0 Å². The number of hydrogen-bond acceptors (Lipinski definition) is 4. The van der Waals surface area contributed by atoms with Gasteiger partial charge >= 0.3 is 0 Å². The van der Waals surface area contributed by atoms with Crippen molar-refractivity contribution in [1.82, 2.24) is 14.4 Å². The zero-order valence-electron chi connectivity index (χ0n) is 15.5. The Morgan fingerprint density at radius 1 is 1.12 bits per heavy atom. The number of aromatic nitrogens is 1. The standard InChI is InChI=1S/C20H25N3O3/c1-14(2)22-9-10-23-16(11-17(24)19(25)18(23)20(22)26)13-21(3)12-15-7-5-4-6-8-15/h4-8,11,14,25H,9-10,12-13H2,1-3H3. The quantitative estimate of drug-likeness (QED) is 0.891. The summed E-state index contributed by atoms with van der Waals surface area (Å²) in [6.07, 6.45) is 0. The minimum atomic E-state index is -0.502. The van der Waals surface area contributed by atoms with E-state index in [0.29, 0.717) is 19.6 Å². The van der Waals surface area contributed by atoms with Crippen LogP contribution in [0.5, 0.6) is 5.75 Å². The predicted molar refractivity (Wildman–Crippen MR) is 100 cm³/mol. The maximum absolute atomic E-state index is 12.8. The lowest BCUT2D eigenvalue weighted by Gasteiger charge is -2.34. The number of carbonyl (C=O) groups excluding carboxylic acids is 1. The summed E-state index contributed by atoms with van der Waals surface area (Å²) in [7, 11) is 1.97. The number of pyridine rings is 1. The Labute approximate surface area is 153 Å². The number of aromatic hydroxyl groups is 1. The highest BCUT2D eigenvalue weighted by Gasteiger charge is 2.31. The molecule has 1 aromatic carbocycles. The van der Waals surface area contributed by atoms with Gasteiger partial charge in [-0.3, -0.25) is 14.5 Å². The molecule has 0 spiro atoms. The molecule has 2 heterocycles. The fraction of sp³-hybridized carbons (Fsp3) is 0.400. The van der Waals surface area contributed by atoms with Crippen LogP contribution in [0.15, 0.2) is 41.2 Å². The number of amides is 1. The summed E-state index contributed by atoms with van der Waals surface area (Å²) in [5, 5.41) is 10.2. The molecule has 0 atom stereocenters. The van der Waals surface area contributed by atoms with Crippen LogP contribution in [0.2, 0.25) is 0 Å². The highest BCUT2D eigenvalue weighted by molar-refractivity contribution is 5.96. The van der Waals surface area contributed by atoms with E-state index in [1.165, 1.54) is 11.6 Å². The molecule has 1 aromatic heterocycles. The van der Waals surface area contributed by atoms with E-state index >= 15 is 0 Å². The molecule has 0 bridgehead atoms. The predicted octanol–water partition coefficient (Wildman–Crippen LogP) is 2.05. The summed E-state index contributed by atoms with van der Waals surface area (Å²) < 4.78 is 1.79. The molecule has 26 heavy (non-hydrogen) atoms. The van der Waals surface area contributed by atoms with Gasteiger partial charge in [-0.15, -0.1) is 0 Å². The summed E-state index contributed by atoms with van der Waals surface area (Å²) in [5.41, 5.74) is 1.54. The summed E-state index contributed by atoms with van der Waals surface area (Å²) in [6.45, 7) is 6.26. The van der Waals surface area contributed by atoms with Gasteiger partial charge in [0, 0.05) is 44.0 Å². The van der Waals surface area contributed by atoms with Crippen molar-refractivity contribution in [2.24, 2.45) is 0 Å². The molecule has 6 nitrogen and oxygen atoms in total. The van der Waals surface area contributed by atoms with Crippen LogP contribution in [-0.4, -0.2) is 45.0 Å². The largest absolute Gasteiger partial charge is 0.503 e. The number of benzene rings is 1. The van der Waals surface area contributed by atoms with Crippen LogP contribution in [0.4, 0.5) is 0 Å². The van der Waals surface area contributed by atoms with Gasteiger partial charge in [-0.05, 0) is 26.5 Å². The topological polar surface area (TPSA) is 65.8 Å². The van der Waals surface area contributed by atoms with E-state index in [9.17, 15) is 14.7 Å². The van der Waals surface area contributed by atoms with E-state index in [1.807, 2.05) is 39.1 Å². The van der Waals surface area contributed by atoms with Crippen molar-refractivity contribution in [3.05, 3.63) is 63.6 Å². The lowest BCUT2D eigenvalue weighted by molar-refractivity contribution is 0.0637. The van der Waals surface area contributed by atoms with Gasteiger partial charge in [-0.25, -0.2) is 0 Å². The fourth-order valence-corrected chi connectivity index (χ4v) is 3.45. The minimum Gasteiger partial charge on any atom is -0.503 e. The van der Waals surface area contributed by atoms with Crippen LogP contribution in [0.25, 0.3) is 0 Å². The van der Waals surface area contributed by atoms with E-state index in [4.69, 9.17) is 0 Å². The first kappa shape index (κ1) is 18.2. The smallest absolute Gasteiger partial charge is 0.274 e. The second-order valence-corrected chi connectivity index (χ2v) is 7.10. The van der Waals surface area contributed by atoms with Crippen LogP contribution in [-0.2, 0) is 19.6 Å². The van der Waals surface area contributed by atoms with Crippen molar-refractivity contribution < 1.29 is 9.90 Å². The molecule has 0 saturated carbocycles. The first-order chi connectivity index (χ1) is 12.4. The number of nitrogens with zero attached hydrogens (tertiary/aromatic N) is 3. The van der Waals surface area contributed by atoms with Crippen LogP contribution >= 0.6 is 0 Å². The van der Waals surface area contributed by atoms with Crippen LogP contribution in [0, 0.1) is 0 Å². The van der Waals surface area contributed by atoms with E-state index in [-0.39, 0.29) is 17.6 Å². The Hall–Kier alpha value is -2.60. The molecule has 6 heteroatoms. The molecule has 0 aliphatic carbocycles. The third-order valence-electron chi connectivity index (χ3n) is 4.75. The fourth-order valence-electron chi connectivity index (χ4n) is 3.45. The second-order valence-electron chi connectivity index (χ2n) is 7.10. The molecule has 1 amide bonds. The monoisotopic (exact) mass is 355 g/mol. The average molecular weight is 355 g/mol. The van der Waals surface area contributed by atoms with Gasteiger partial charge in [0.15, 0.2) is 11.4 Å². The van der Waals surface area contributed by atoms with Gasteiger partial charge in [-0.2, -0.15) is 0 Å². The third kappa shape index (κ3) is 3.51. The number of rotatable bonds is 5. The van der Waals surface area contributed by atoms with Gasteiger partial charge in [0.1, 0.15) is 0 Å². The molecule has 0 radical (unpaired) electrons. The maximum atomic E-state index is 12.8. The van der Waals surface area contributed by atoms with Gasteiger partial charge in [0.2, 0.25) is 5.43 Å². The second kappa shape index (κ2) is 7.33. The minimum absolute atomic E-state index is 0.0233. The molecule has 0 unspecified atom stereocenters. The van der Waals surface area contributed by atoms with E-state index in [2.05, 4.69) is 17.0 Å². The summed E-state index contributed by atoms with van der Waals surface area (Å²) in [6, 6.07) is 11.5. The van der Waals surface area contributed by atoms with Crippen molar-refractivity contribution >= 4 is 5.91 Å². The Bertz CT molecular complexity index is 859. The van der Waals surface area contributed by atoms with Crippen molar-refractivity contribution in [2.45, 2.75) is 39.5 Å². The molecule has 2 aromatic rings. The van der Waals surface area contributed by atoms with Gasteiger partial charge in [0.25, 0.3) is 5.91 Å². The summed E-state index contributed by atoms with van der Waals surface area (Å²) in [4.78, 5) is 28.8. The number of fused-ring (bicyclic) bond motifs is 1. The molecule has 0 saturated heterocycles. The van der Waals surface area contributed by atoms with Gasteiger partial charge in [0.05, 0.1) is 0 Å². The Kier molecular flexibility index (Phi) is 5.13. The van der Waals surface area contributed by atoms with Crippen molar-refractivity contribution in [2.75, 3.05) is 13.6 Å². The normalized spacial score (nSPS) is 14.2. The molecule has 1 aliphatic heterocycles. The molecular weight excluding hydrogens is 330 g/mol. The molecule has 3 rings (SSSR count). The lowest BCUT2D eigenvalue weighted by Crippen LogP contribution is -2.46. The first-order valence-corrected chi connectivity index (χ1v) is 8.87. The molecular formula is C20H25N3O3. The number of carbonyl (C=O) groups is 1. The molecule has 138 valence electrons. The van der Waals surface area contributed by atoms with Gasteiger partial charge in [-0.1, -0.05) is 30.3 Å². The maximum Gasteiger partial charge on any atom is 0.274 e. The SMILES string of the molecule is CC(C)N1CCn2c(CN(C)Cc3ccccc3)cc(=O)c(O)c2C1=O. The van der Waals surface area contributed by atoms with Crippen LogP contribution < -0.4 is 5.43 Å². The number of hydrogen-bond donors (Lipinski definition) is 1. The highest BCUT2D eigenvalue weighted by Crippen LogP contribution is 2.23. The molecule has 1 aliphatic rings. The summed E-state index contributed by atoms with van der Waals surface area (Å²) in [5.74, 6) is -0.733. The zero-order chi connectivity index (χ0) is 18.8. The zero-order valence-corrected chi connectivity index (χ0v) is 15.5. The lowest BCUT2D eigenvalue weighted by atomic mass is 10.1. The Morgan fingerprint density at radius 2 is 1.81 bits per heavy atom. The Morgan fingerprint density at radius 3 is 2.46 bits per heavy atom. The summed E-state index contributed by atoms with van der Waals surface area (Å²) >= 11 is 0. The average Bonchev–Trinajstić information content (AvgIpc) is 2.59. The van der Waals surface area contributed by atoms with E-state index in [0.717, 1.165) is 12.2 Å². The Balaban J connectivity index is 1.91. The molecule has 1 N–H and O–H groups in total. The van der Waals surface area contributed by atoms with Crippen molar-refractivity contribution in [3.63, 3.8) is 0 Å². The van der Waals surface area contributed by atoms with Gasteiger partial charge < -0.3 is 14.6 Å². The van der Waals surface area contributed by atoms with E-state index < -0.39 is 11.2 Å². The molecule has 0 fully saturated rings. The third-order valence-corrected chi connectivity index (χ3v) is 4.75. The highest BCUT2D eigenvalue weighted by atomic mass is 16.3. The van der Waals surface area contributed by atoms with E-state index in [1.54, 1.807) is 9.47 Å².